The van der Waals surface area contributed by atoms with E-state index in [1.807, 2.05) is 30.3 Å². The van der Waals surface area contributed by atoms with Crippen LogP contribution in [-0.4, -0.2) is 54.6 Å². The summed E-state index contributed by atoms with van der Waals surface area (Å²) < 4.78 is 11.6. The van der Waals surface area contributed by atoms with Crippen LogP contribution in [0.1, 0.15) is 5.56 Å². The first-order chi connectivity index (χ1) is 17.1. The second kappa shape index (κ2) is 10.2. The summed E-state index contributed by atoms with van der Waals surface area (Å²) in [4.78, 5) is 26.2. The third-order valence-electron chi connectivity index (χ3n) is 5.95. The van der Waals surface area contributed by atoms with Crippen LogP contribution in [0.25, 0.3) is 22.3 Å². The van der Waals surface area contributed by atoms with E-state index in [0.717, 1.165) is 59.1 Å². The van der Waals surface area contributed by atoms with Crippen molar-refractivity contribution in [3.05, 3.63) is 79.1 Å². The third kappa shape index (κ3) is 5.47. The Morgan fingerprint density at radius 1 is 1.09 bits per heavy atom. The van der Waals surface area contributed by atoms with E-state index in [-0.39, 0.29) is 5.91 Å². The molecular weight excluding hydrogens is 460 g/mol. The van der Waals surface area contributed by atoms with Crippen molar-refractivity contribution in [2.45, 2.75) is 6.54 Å². The molecular formula is C26H26N6O2S. The number of hydrogen-bond acceptors (Lipinski definition) is 6. The molecule has 178 valence electrons. The average Bonchev–Trinajstić information content (AvgIpc) is 3.32. The maximum atomic E-state index is 11.6. The van der Waals surface area contributed by atoms with Gasteiger partial charge in [0.05, 0.1) is 5.39 Å². The molecule has 4 aromatic rings. The number of hydrogen-bond donors (Lipinski definition) is 3. The minimum absolute atomic E-state index is 0.264. The Kier molecular flexibility index (Phi) is 6.69. The molecule has 1 aliphatic heterocycles. The van der Waals surface area contributed by atoms with Gasteiger partial charge in [0.25, 0.3) is 0 Å². The summed E-state index contributed by atoms with van der Waals surface area (Å²) in [5, 5.41) is 6.95. The van der Waals surface area contributed by atoms with E-state index in [1.54, 1.807) is 0 Å². The van der Waals surface area contributed by atoms with Gasteiger partial charge in [-0.1, -0.05) is 36.9 Å². The first-order valence-corrected chi connectivity index (χ1v) is 12.9. The van der Waals surface area contributed by atoms with Crippen molar-refractivity contribution >= 4 is 44.9 Å². The Balaban J connectivity index is 1.33. The molecule has 1 fully saturated rings. The number of nitrogens with one attached hydrogen (secondary N) is 3. The molecule has 3 N–H and O–H groups in total. The van der Waals surface area contributed by atoms with Crippen molar-refractivity contribution in [2.24, 2.45) is 0 Å². The lowest BCUT2D eigenvalue weighted by Crippen LogP contribution is -2.37. The van der Waals surface area contributed by atoms with Crippen LogP contribution in [0.5, 0.6) is 0 Å². The molecule has 0 unspecified atom stereocenters. The first-order valence-electron chi connectivity index (χ1n) is 11.4. The summed E-state index contributed by atoms with van der Waals surface area (Å²) in [5.74, 6) is 1.93. The van der Waals surface area contributed by atoms with Crippen LogP contribution < -0.4 is 10.6 Å². The Bertz CT molecular complexity index is 1390. The number of carbonyl (C=O) groups excluding carboxylic acids is 1. The average molecular weight is 487 g/mol. The molecule has 0 atom stereocenters. The van der Waals surface area contributed by atoms with Gasteiger partial charge in [-0.05, 0) is 41.5 Å². The van der Waals surface area contributed by atoms with Crippen LogP contribution in [0.3, 0.4) is 0 Å². The summed E-state index contributed by atoms with van der Waals surface area (Å²) in [5.41, 5.74) is 5.45. The van der Waals surface area contributed by atoms with Crippen molar-refractivity contribution in [3.8, 4) is 11.3 Å². The molecule has 2 aromatic carbocycles. The van der Waals surface area contributed by atoms with Gasteiger partial charge < -0.3 is 15.6 Å². The van der Waals surface area contributed by atoms with Crippen LogP contribution in [0.15, 0.2) is 73.6 Å². The van der Waals surface area contributed by atoms with Crippen molar-refractivity contribution in [1.29, 1.82) is 0 Å². The third-order valence-corrected chi connectivity index (χ3v) is 7.22. The van der Waals surface area contributed by atoms with Crippen molar-refractivity contribution in [2.75, 3.05) is 35.2 Å². The molecule has 1 aliphatic rings. The fourth-order valence-corrected chi connectivity index (χ4v) is 5.21. The molecule has 3 heterocycles. The monoisotopic (exact) mass is 486 g/mol. The quantitative estimate of drug-likeness (QED) is 0.341. The standard InChI is InChI=1S/C26H26N6O2S/c1-2-24(33)29-20-4-3-5-21(14-20)30-25-22-15-23(31-26(22)28-17-27-25)19-8-6-18(7-9-19)16-32-10-12-35(34)13-11-32/h2-9,14-15,17H,1,10-13,16H2,(H,29,33)(H2,27,28,30,31). The topological polar surface area (TPSA) is 103 Å². The molecule has 2 aromatic heterocycles. The lowest BCUT2D eigenvalue weighted by molar-refractivity contribution is -0.111. The van der Waals surface area contributed by atoms with Crippen molar-refractivity contribution < 1.29 is 9.00 Å². The van der Waals surface area contributed by atoms with E-state index < -0.39 is 10.8 Å². The van der Waals surface area contributed by atoms with Crippen LogP contribution in [-0.2, 0) is 22.1 Å². The van der Waals surface area contributed by atoms with Crippen molar-refractivity contribution in [1.82, 2.24) is 19.9 Å². The largest absolute Gasteiger partial charge is 0.340 e. The molecule has 9 heteroatoms. The van der Waals surface area contributed by atoms with Gasteiger partial charge in [0.15, 0.2) is 0 Å². The summed E-state index contributed by atoms with van der Waals surface area (Å²) >= 11 is 0. The SMILES string of the molecule is C=CC(=O)Nc1cccc(Nc2ncnc3[nH]c(-c4ccc(CN5CCS(=O)CC5)cc4)cc23)c1. The zero-order valence-corrected chi connectivity index (χ0v) is 20.0. The number of H-pyrrole nitrogens is 1. The maximum Gasteiger partial charge on any atom is 0.247 e. The van der Waals surface area contributed by atoms with E-state index in [2.05, 4.69) is 61.3 Å². The van der Waals surface area contributed by atoms with E-state index in [0.29, 0.717) is 11.5 Å². The van der Waals surface area contributed by atoms with Crippen LogP contribution in [0.2, 0.25) is 0 Å². The normalized spacial score (nSPS) is 14.6. The summed E-state index contributed by atoms with van der Waals surface area (Å²) in [6.07, 6.45) is 2.75. The molecule has 0 saturated carbocycles. The lowest BCUT2D eigenvalue weighted by atomic mass is 10.1. The Labute approximate surface area is 205 Å². The van der Waals surface area contributed by atoms with Gasteiger partial charge in [-0.15, -0.1) is 0 Å². The van der Waals surface area contributed by atoms with Crippen LogP contribution >= 0.6 is 0 Å². The second-order valence-electron chi connectivity index (χ2n) is 8.39. The predicted molar refractivity (Wildman–Crippen MR) is 141 cm³/mol. The minimum Gasteiger partial charge on any atom is -0.340 e. The molecule has 0 spiro atoms. The maximum absolute atomic E-state index is 11.6. The Morgan fingerprint density at radius 2 is 1.86 bits per heavy atom. The first kappa shape index (κ1) is 22.9. The zero-order valence-electron chi connectivity index (χ0n) is 19.2. The van der Waals surface area contributed by atoms with Gasteiger partial charge in [-0.25, -0.2) is 9.97 Å². The van der Waals surface area contributed by atoms with E-state index in [9.17, 15) is 9.00 Å². The lowest BCUT2D eigenvalue weighted by Gasteiger charge is -2.26. The molecule has 1 saturated heterocycles. The highest BCUT2D eigenvalue weighted by Crippen LogP contribution is 2.29. The van der Waals surface area contributed by atoms with Gasteiger partial charge in [0.2, 0.25) is 5.91 Å². The second-order valence-corrected chi connectivity index (χ2v) is 10.1. The molecule has 0 aliphatic carbocycles. The van der Waals surface area contributed by atoms with Crippen LogP contribution in [0, 0.1) is 0 Å². The molecule has 1 amide bonds. The van der Waals surface area contributed by atoms with Gasteiger partial charge in [0, 0.05) is 59.0 Å². The number of fused-ring (bicyclic) bond motifs is 1. The number of aromatic nitrogens is 3. The van der Waals surface area contributed by atoms with Gasteiger partial charge in [-0.3, -0.25) is 13.9 Å². The minimum atomic E-state index is -0.657. The number of rotatable bonds is 7. The summed E-state index contributed by atoms with van der Waals surface area (Å²) in [6, 6.07) is 17.9. The zero-order chi connectivity index (χ0) is 24.2. The highest BCUT2D eigenvalue weighted by molar-refractivity contribution is 7.85. The fraction of sp³-hybridized carbons (Fsp3) is 0.192. The number of aromatic amines is 1. The van der Waals surface area contributed by atoms with Crippen LogP contribution in [0.4, 0.5) is 17.2 Å². The van der Waals surface area contributed by atoms with E-state index >= 15 is 0 Å². The summed E-state index contributed by atoms with van der Waals surface area (Å²) in [6.45, 7) is 6.12. The Morgan fingerprint density at radius 3 is 2.63 bits per heavy atom. The Hall–Kier alpha value is -3.82. The molecule has 5 rings (SSSR count). The highest BCUT2D eigenvalue weighted by Gasteiger charge is 2.15. The molecule has 8 nitrogen and oxygen atoms in total. The highest BCUT2D eigenvalue weighted by atomic mass is 32.2. The van der Waals surface area contributed by atoms with Gasteiger partial charge >= 0.3 is 0 Å². The molecule has 35 heavy (non-hydrogen) atoms. The molecule has 0 radical (unpaired) electrons. The number of nitrogens with zero attached hydrogens (tertiary/aromatic N) is 3. The van der Waals surface area contributed by atoms with Gasteiger partial charge in [-0.2, -0.15) is 0 Å². The predicted octanol–water partition coefficient (Wildman–Crippen LogP) is 4.06. The van der Waals surface area contributed by atoms with E-state index in [4.69, 9.17) is 0 Å². The number of carbonyl (C=O) groups is 1. The fourth-order valence-electron chi connectivity index (χ4n) is 4.08. The summed E-state index contributed by atoms with van der Waals surface area (Å²) in [7, 11) is -0.657. The number of benzene rings is 2. The number of amides is 1. The molecule has 0 bridgehead atoms. The van der Waals surface area contributed by atoms with Crippen molar-refractivity contribution in [3.63, 3.8) is 0 Å². The number of anilines is 3. The van der Waals surface area contributed by atoms with Gasteiger partial charge in [0.1, 0.15) is 17.8 Å². The smallest absolute Gasteiger partial charge is 0.247 e. The van der Waals surface area contributed by atoms with E-state index in [1.165, 1.54) is 18.0 Å².